The van der Waals surface area contributed by atoms with Gasteiger partial charge in [0.1, 0.15) is 0 Å². The van der Waals surface area contributed by atoms with Crippen LogP contribution in [0.1, 0.15) is 41.6 Å². The van der Waals surface area contributed by atoms with E-state index in [0.717, 1.165) is 31.1 Å². The number of ether oxygens (including phenoxy) is 1. The number of methoxy groups -OCH3 is 1. The Kier molecular flexibility index (Phi) is 7.91. The highest BCUT2D eigenvalue weighted by atomic mass is 16.5. The maximum absolute atomic E-state index is 12.1. The Bertz CT molecular complexity index is 612. The van der Waals surface area contributed by atoms with Gasteiger partial charge in [-0.2, -0.15) is 0 Å². The smallest absolute Gasteiger partial charge is 0.251 e. The van der Waals surface area contributed by atoms with Gasteiger partial charge < -0.3 is 20.7 Å². The van der Waals surface area contributed by atoms with Crippen molar-refractivity contribution in [3.63, 3.8) is 0 Å². The summed E-state index contributed by atoms with van der Waals surface area (Å²) >= 11 is 0. The minimum Gasteiger partial charge on any atom is -0.385 e. The summed E-state index contributed by atoms with van der Waals surface area (Å²) in [5.41, 5.74) is 2.11. The first-order valence-electron chi connectivity index (χ1n) is 9.37. The summed E-state index contributed by atoms with van der Waals surface area (Å²) in [6.45, 7) is 4.87. The molecule has 0 atom stereocenters. The molecule has 0 heterocycles. The number of nitrogens with one attached hydrogen (secondary N) is 3. The number of carbonyl (C=O) groups excluding carboxylic acids is 1. The van der Waals surface area contributed by atoms with E-state index in [4.69, 9.17) is 4.74 Å². The summed E-state index contributed by atoms with van der Waals surface area (Å²) in [5, 5.41) is 9.60. The zero-order valence-electron chi connectivity index (χ0n) is 16.2. The average molecular weight is 361 g/mol. The molecule has 0 spiro atoms. The third kappa shape index (κ3) is 6.02. The second-order valence-electron chi connectivity index (χ2n) is 7.07. The number of benzene rings is 1. The van der Waals surface area contributed by atoms with Crippen molar-refractivity contribution in [3.8, 4) is 0 Å². The zero-order valence-corrected chi connectivity index (χ0v) is 16.2. The van der Waals surface area contributed by atoms with Gasteiger partial charge in [0.15, 0.2) is 5.96 Å². The third-order valence-electron chi connectivity index (χ3n) is 5.09. The number of nitrogens with zero attached hydrogens (tertiary/aromatic N) is 1. The van der Waals surface area contributed by atoms with Crippen molar-refractivity contribution in [2.24, 2.45) is 10.4 Å². The molecule has 0 unspecified atom stereocenters. The number of carbonyl (C=O) groups is 1. The molecule has 0 bridgehead atoms. The molecule has 1 fully saturated rings. The number of hydrogen-bond acceptors (Lipinski definition) is 3. The van der Waals surface area contributed by atoms with Gasteiger partial charge in [0.25, 0.3) is 5.91 Å². The van der Waals surface area contributed by atoms with Gasteiger partial charge in [-0.05, 0) is 43.7 Å². The molecule has 3 N–H and O–H groups in total. The topological polar surface area (TPSA) is 74.8 Å². The highest BCUT2D eigenvalue weighted by molar-refractivity contribution is 5.94. The Labute approximate surface area is 156 Å². The van der Waals surface area contributed by atoms with E-state index in [-0.39, 0.29) is 5.91 Å². The van der Waals surface area contributed by atoms with Gasteiger partial charge >= 0.3 is 0 Å². The zero-order chi connectivity index (χ0) is 18.8. The van der Waals surface area contributed by atoms with Gasteiger partial charge in [-0.25, -0.2) is 0 Å². The van der Waals surface area contributed by atoms with Gasteiger partial charge in [0.2, 0.25) is 0 Å². The Balaban J connectivity index is 1.68. The standard InChI is InChI=1S/C20H32N4O2/c1-16-6-4-7-17(14-16)18(25)22-11-12-23-19(21-2)24-15-20(8-5-9-20)10-13-26-3/h4,6-7,14H,5,8-13,15H2,1-3H3,(H,22,25)(H2,21,23,24). The summed E-state index contributed by atoms with van der Waals surface area (Å²) in [5.74, 6) is 0.727. The molecule has 1 aromatic carbocycles. The number of aryl methyl sites for hydroxylation is 1. The van der Waals surface area contributed by atoms with E-state index in [9.17, 15) is 4.79 Å². The van der Waals surface area contributed by atoms with E-state index in [2.05, 4.69) is 20.9 Å². The molecular weight excluding hydrogens is 328 g/mol. The Morgan fingerprint density at radius 2 is 2.00 bits per heavy atom. The van der Waals surface area contributed by atoms with Crippen LogP contribution in [0.2, 0.25) is 0 Å². The fourth-order valence-electron chi connectivity index (χ4n) is 3.25. The molecule has 0 saturated heterocycles. The van der Waals surface area contributed by atoms with E-state index in [1.54, 1.807) is 14.2 Å². The van der Waals surface area contributed by atoms with Gasteiger partial charge in [0, 0.05) is 46.0 Å². The first-order chi connectivity index (χ1) is 12.6. The van der Waals surface area contributed by atoms with E-state index < -0.39 is 0 Å². The Morgan fingerprint density at radius 1 is 1.23 bits per heavy atom. The molecule has 1 aliphatic carbocycles. The van der Waals surface area contributed by atoms with Crippen molar-refractivity contribution < 1.29 is 9.53 Å². The minimum atomic E-state index is -0.0496. The van der Waals surface area contributed by atoms with Crippen molar-refractivity contribution in [2.45, 2.75) is 32.6 Å². The van der Waals surface area contributed by atoms with Gasteiger partial charge in [0.05, 0.1) is 0 Å². The van der Waals surface area contributed by atoms with Crippen molar-refractivity contribution in [2.75, 3.05) is 40.4 Å². The van der Waals surface area contributed by atoms with E-state index in [1.165, 1.54) is 19.3 Å². The molecule has 0 aromatic heterocycles. The van der Waals surface area contributed by atoms with Gasteiger partial charge in [-0.15, -0.1) is 0 Å². The van der Waals surface area contributed by atoms with Crippen molar-refractivity contribution in [1.82, 2.24) is 16.0 Å². The van der Waals surface area contributed by atoms with Gasteiger partial charge in [-0.1, -0.05) is 24.1 Å². The minimum absolute atomic E-state index is 0.0496. The van der Waals surface area contributed by atoms with Crippen LogP contribution in [0, 0.1) is 12.3 Å². The van der Waals surface area contributed by atoms with Crippen LogP contribution < -0.4 is 16.0 Å². The predicted molar refractivity (Wildman–Crippen MR) is 106 cm³/mol. The van der Waals surface area contributed by atoms with Crippen LogP contribution in [0.3, 0.4) is 0 Å². The fourth-order valence-corrected chi connectivity index (χ4v) is 3.25. The maximum Gasteiger partial charge on any atom is 0.251 e. The second kappa shape index (κ2) is 10.2. The van der Waals surface area contributed by atoms with E-state index >= 15 is 0 Å². The maximum atomic E-state index is 12.1. The summed E-state index contributed by atoms with van der Waals surface area (Å²) in [7, 11) is 3.52. The average Bonchev–Trinajstić information content (AvgIpc) is 2.61. The van der Waals surface area contributed by atoms with Crippen molar-refractivity contribution in [1.29, 1.82) is 0 Å². The lowest BCUT2D eigenvalue weighted by molar-refractivity contribution is 0.0732. The number of rotatable bonds is 9. The fraction of sp³-hybridized carbons (Fsp3) is 0.600. The van der Waals surface area contributed by atoms with Crippen LogP contribution >= 0.6 is 0 Å². The monoisotopic (exact) mass is 360 g/mol. The van der Waals surface area contributed by atoms with Gasteiger partial charge in [-0.3, -0.25) is 9.79 Å². The van der Waals surface area contributed by atoms with Crippen molar-refractivity contribution in [3.05, 3.63) is 35.4 Å². The first kappa shape index (κ1) is 20.2. The molecule has 1 aliphatic rings. The second-order valence-corrected chi connectivity index (χ2v) is 7.07. The summed E-state index contributed by atoms with van der Waals surface area (Å²) < 4.78 is 5.24. The summed E-state index contributed by atoms with van der Waals surface area (Å²) in [6, 6.07) is 7.60. The van der Waals surface area contributed by atoms with E-state index in [0.29, 0.717) is 24.1 Å². The number of aliphatic imine (C=N–C) groups is 1. The Hall–Kier alpha value is -2.08. The van der Waals surface area contributed by atoms with Crippen LogP contribution in [0.25, 0.3) is 0 Å². The van der Waals surface area contributed by atoms with Crippen LogP contribution in [-0.2, 0) is 4.74 Å². The molecule has 144 valence electrons. The Morgan fingerprint density at radius 3 is 2.62 bits per heavy atom. The van der Waals surface area contributed by atoms with Crippen LogP contribution in [0.15, 0.2) is 29.3 Å². The number of hydrogen-bond donors (Lipinski definition) is 3. The normalized spacial score (nSPS) is 15.9. The molecular formula is C20H32N4O2. The van der Waals surface area contributed by atoms with Crippen molar-refractivity contribution >= 4 is 11.9 Å². The quantitative estimate of drug-likeness (QED) is 0.358. The molecule has 0 aliphatic heterocycles. The molecule has 6 heteroatoms. The molecule has 6 nitrogen and oxygen atoms in total. The lowest BCUT2D eigenvalue weighted by Gasteiger charge is -2.42. The number of guanidine groups is 1. The van der Waals surface area contributed by atoms with E-state index in [1.807, 2.05) is 31.2 Å². The van der Waals surface area contributed by atoms with Crippen LogP contribution in [-0.4, -0.2) is 52.3 Å². The summed E-state index contributed by atoms with van der Waals surface area (Å²) in [6.07, 6.45) is 4.86. The first-order valence-corrected chi connectivity index (χ1v) is 9.37. The summed E-state index contributed by atoms with van der Waals surface area (Å²) in [4.78, 5) is 16.4. The molecule has 0 radical (unpaired) electrons. The lowest BCUT2D eigenvalue weighted by atomic mass is 9.67. The molecule has 26 heavy (non-hydrogen) atoms. The number of amides is 1. The molecule has 2 rings (SSSR count). The molecule has 1 aromatic rings. The highest BCUT2D eigenvalue weighted by Crippen LogP contribution is 2.43. The largest absolute Gasteiger partial charge is 0.385 e. The SMILES string of the molecule is CN=C(NCCNC(=O)c1cccc(C)c1)NCC1(CCOC)CCC1. The molecule has 1 saturated carbocycles. The van der Waals surface area contributed by atoms with Crippen LogP contribution in [0.5, 0.6) is 0 Å². The molecule has 1 amide bonds. The third-order valence-corrected chi connectivity index (χ3v) is 5.09. The van der Waals surface area contributed by atoms with Crippen LogP contribution in [0.4, 0.5) is 0 Å². The lowest BCUT2D eigenvalue weighted by Crippen LogP contribution is -2.48. The highest BCUT2D eigenvalue weighted by Gasteiger charge is 2.36. The predicted octanol–water partition coefficient (Wildman–Crippen LogP) is 2.10.